The van der Waals surface area contributed by atoms with E-state index in [-0.39, 0.29) is 5.69 Å². The van der Waals surface area contributed by atoms with Crippen molar-refractivity contribution in [3.05, 3.63) is 46.5 Å². The van der Waals surface area contributed by atoms with Gasteiger partial charge in [-0.1, -0.05) is 6.92 Å². The molecule has 0 bridgehead atoms. The number of anilines is 1. The molecule has 0 saturated heterocycles. The van der Waals surface area contributed by atoms with Crippen molar-refractivity contribution in [3.63, 3.8) is 0 Å². The Morgan fingerprint density at radius 2 is 2.24 bits per heavy atom. The van der Waals surface area contributed by atoms with E-state index in [0.717, 1.165) is 12.2 Å². The summed E-state index contributed by atoms with van der Waals surface area (Å²) in [5.74, 6) is 1.34. The van der Waals surface area contributed by atoms with Crippen LogP contribution in [0.25, 0.3) is 0 Å². The number of ether oxygens (including phenoxy) is 1. The predicted octanol–water partition coefficient (Wildman–Crippen LogP) is 2.73. The van der Waals surface area contributed by atoms with Crippen LogP contribution >= 0.6 is 0 Å². The molecule has 0 fully saturated rings. The molecule has 0 unspecified atom stereocenters. The summed E-state index contributed by atoms with van der Waals surface area (Å²) in [6.07, 6.45) is 4.40. The quantitative estimate of drug-likeness (QED) is 0.626. The highest BCUT2D eigenvalue weighted by Crippen LogP contribution is 2.26. The summed E-state index contributed by atoms with van der Waals surface area (Å²) in [7, 11) is 1.90. The molecule has 0 aliphatic carbocycles. The maximum atomic E-state index is 11.0. The van der Waals surface area contributed by atoms with Crippen LogP contribution in [0.15, 0.2) is 30.6 Å². The van der Waals surface area contributed by atoms with E-state index in [4.69, 9.17) is 4.74 Å². The van der Waals surface area contributed by atoms with Crippen LogP contribution in [0.3, 0.4) is 0 Å². The molecule has 0 saturated carbocycles. The summed E-state index contributed by atoms with van der Waals surface area (Å²) in [5, 5.41) is 14.1. The van der Waals surface area contributed by atoms with Crippen molar-refractivity contribution in [1.82, 2.24) is 9.55 Å². The number of nitrogens with one attached hydrogen (secondary N) is 1. The van der Waals surface area contributed by atoms with Crippen LogP contribution < -0.4 is 10.1 Å². The Labute approximate surface area is 122 Å². The van der Waals surface area contributed by atoms with Gasteiger partial charge in [-0.15, -0.1) is 0 Å². The van der Waals surface area contributed by atoms with Gasteiger partial charge in [-0.05, 0) is 6.42 Å². The van der Waals surface area contributed by atoms with Crippen molar-refractivity contribution in [2.75, 3.05) is 11.9 Å². The van der Waals surface area contributed by atoms with Crippen LogP contribution in [-0.4, -0.2) is 21.1 Å². The number of benzene rings is 1. The van der Waals surface area contributed by atoms with Crippen molar-refractivity contribution in [2.45, 2.75) is 19.9 Å². The number of rotatable bonds is 7. The highest BCUT2D eigenvalue weighted by Gasteiger charge is 2.11. The number of non-ortho nitro benzene ring substituents is 1. The Kier molecular flexibility index (Phi) is 4.76. The van der Waals surface area contributed by atoms with E-state index in [1.807, 2.05) is 24.7 Å². The van der Waals surface area contributed by atoms with Crippen molar-refractivity contribution < 1.29 is 9.66 Å². The lowest BCUT2D eigenvalue weighted by Crippen LogP contribution is -2.06. The summed E-state index contributed by atoms with van der Waals surface area (Å²) in [6, 6.07) is 4.68. The third kappa shape index (κ3) is 3.95. The molecule has 112 valence electrons. The van der Waals surface area contributed by atoms with Crippen molar-refractivity contribution in [2.24, 2.45) is 7.05 Å². The Balaban J connectivity index is 2.15. The van der Waals surface area contributed by atoms with Gasteiger partial charge in [0.2, 0.25) is 0 Å². The first kappa shape index (κ1) is 14.8. The molecular weight excluding hydrogens is 272 g/mol. The fourth-order valence-electron chi connectivity index (χ4n) is 1.84. The van der Waals surface area contributed by atoms with Gasteiger partial charge >= 0.3 is 0 Å². The summed E-state index contributed by atoms with van der Waals surface area (Å²) in [5.41, 5.74) is 0.643. The average molecular weight is 290 g/mol. The van der Waals surface area contributed by atoms with Gasteiger partial charge in [0, 0.05) is 37.3 Å². The molecule has 21 heavy (non-hydrogen) atoms. The molecule has 2 aromatic rings. The van der Waals surface area contributed by atoms with Crippen molar-refractivity contribution in [1.29, 1.82) is 0 Å². The fourth-order valence-corrected chi connectivity index (χ4v) is 1.84. The van der Waals surface area contributed by atoms with Crippen molar-refractivity contribution in [3.8, 4) is 5.75 Å². The lowest BCUT2D eigenvalue weighted by molar-refractivity contribution is -0.384. The zero-order valence-electron chi connectivity index (χ0n) is 12.1. The molecule has 7 heteroatoms. The first-order chi connectivity index (χ1) is 10.1. The molecular formula is C14H18N4O3. The van der Waals surface area contributed by atoms with E-state index in [9.17, 15) is 10.1 Å². The normalized spacial score (nSPS) is 10.4. The van der Waals surface area contributed by atoms with Gasteiger partial charge in [-0.25, -0.2) is 4.98 Å². The Hall–Kier alpha value is -2.57. The summed E-state index contributed by atoms with van der Waals surface area (Å²) in [4.78, 5) is 14.7. The van der Waals surface area contributed by atoms with Gasteiger partial charge in [0.15, 0.2) is 0 Å². The number of nitro benzene ring substituents is 1. The van der Waals surface area contributed by atoms with E-state index in [1.54, 1.807) is 12.3 Å². The molecule has 1 heterocycles. The van der Waals surface area contributed by atoms with Crippen LogP contribution in [-0.2, 0) is 13.6 Å². The second kappa shape index (κ2) is 6.74. The minimum atomic E-state index is -0.426. The average Bonchev–Trinajstić information content (AvgIpc) is 2.88. The van der Waals surface area contributed by atoms with E-state index >= 15 is 0 Å². The van der Waals surface area contributed by atoms with Gasteiger partial charge in [0.1, 0.15) is 11.6 Å². The minimum Gasteiger partial charge on any atom is -0.493 e. The fraction of sp³-hybridized carbons (Fsp3) is 0.357. The van der Waals surface area contributed by atoms with Crippen LogP contribution in [0.5, 0.6) is 5.75 Å². The van der Waals surface area contributed by atoms with Gasteiger partial charge in [-0.2, -0.15) is 0 Å². The zero-order valence-corrected chi connectivity index (χ0v) is 12.1. The lowest BCUT2D eigenvalue weighted by Gasteiger charge is -2.10. The first-order valence-corrected chi connectivity index (χ1v) is 6.72. The molecule has 1 aromatic heterocycles. The van der Waals surface area contributed by atoms with Crippen LogP contribution in [0.4, 0.5) is 11.4 Å². The Morgan fingerprint density at radius 1 is 1.43 bits per heavy atom. The summed E-state index contributed by atoms with van der Waals surface area (Å²) >= 11 is 0. The third-order valence-electron chi connectivity index (χ3n) is 2.95. The standard InChI is InChI=1S/C14H18N4O3/c1-3-6-21-13-8-11(7-12(9-13)18(19)20)16-10-14-15-4-5-17(14)2/h4-5,7-9,16H,3,6,10H2,1-2H3. The molecule has 0 aliphatic heterocycles. The summed E-state index contributed by atoms with van der Waals surface area (Å²) < 4.78 is 7.37. The second-order valence-corrected chi connectivity index (χ2v) is 4.63. The molecule has 0 amide bonds. The first-order valence-electron chi connectivity index (χ1n) is 6.72. The molecule has 1 aromatic carbocycles. The number of hydrogen-bond acceptors (Lipinski definition) is 5. The molecule has 0 aliphatic rings. The van der Waals surface area contributed by atoms with E-state index in [0.29, 0.717) is 24.6 Å². The number of aromatic nitrogens is 2. The smallest absolute Gasteiger partial charge is 0.275 e. The zero-order chi connectivity index (χ0) is 15.2. The second-order valence-electron chi connectivity index (χ2n) is 4.63. The maximum absolute atomic E-state index is 11.0. The third-order valence-corrected chi connectivity index (χ3v) is 2.95. The molecule has 0 spiro atoms. The monoisotopic (exact) mass is 290 g/mol. The van der Waals surface area contributed by atoms with Gasteiger partial charge in [0.05, 0.1) is 24.1 Å². The Bertz CT molecular complexity index is 624. The molecule has 7 nitrogen and oxygen atoms in total. The number of hydrogen-bond donors (Lipinski definition) is 1. The van der Waals surface area contributed by atoms with Crippen LogP contribution in [0.1, 0.15) is 19.2 Å². The SMILES string of the molecule is CCCOc1cc(NCc2nccn2C)cc([N+](=O)[O-])c1. The van der Waals surface area contributed by atoms with E-state index in [1.165, 1.54) is 12.1 Å². The molecule has 2 rings (SSSR count). The largest absolute Gasteiger partial charge is 0.493 e. The van der Waals surface area contributed by atoms with Gasteiger partial charge in [0.25, 0.3) is 5.69 Å². The highest BCUT2D eigenvalue weighted by atomic mass is 16.6. The van der Waals surface area contributed by atoms with Crippen molar-refractivity contribution >= 4 is 11.4 Å². The number of nitro groups is 1. The lowest BCUT2D eigenvalue weighted by atomic mass is 10.2. The molecule has 1 N–H and O–H groups in total. The number of aryl methyl sites for hydroxylation is 1. The number of imidazole rings is 1. The Morgan fingerprint density at radius 3 is 2.86 bits per heavy atom. The van der Waals surface area contributed by atoms with E-state index < -0.39 is 4.92 Å². The minimum absolute atomic E-state index is 0.00550. The summed E-state index contributed by atoms with van der Waals surface area (Å²) in [6.45, 7) is 3.00. The topological polar surface area (TPSA) is 82.2 Å². The maximum Gasteiger partial charge on any atom is 0.275 e. The van der Waals surface area contributed by atoms with E-state index in [2.05, 4.69) is 10.3 Å². The van der Waals surface area contributed by atoms with Crippen LogP contribution in [0, 0.1) is 10.1 Å². The van der Waals surface area contributed by atoms with Gasteiger partial charge in [-0.3, -0.25) is 10.1 Å². The number of nitrogens with zero attached hydrogens (tertiary/aromatic N) is 3. The van der Waals surface area contributed by atoms with Gasteiger partial charge < -0.3 is 14.6 Å². The predicted molar refractivity (Wildman–Crippen MR) is 79.4 cm³/mol. The molecule has 0 radical (unpaired) electrons. The molecule has 0 atom stereocenters. The van der Waals surface area contributed by atoms with Crippen LogP contribution in [0.2, 0.25) is 0 Å². The highest BCUT2D eigenvalue weighted by molar-refractivity contribution is 5.56.